The van der Waals surface area contributed by atoms with Crippen molar-refractivity contribution in [3.63, 3.8) is 0 Å². The summed E-state index contributed by atoms with van der Waals surface area (Å²) in [4.78, 5) is 23.6. The molecule has 0 spiro atoms. The van der Waals surface area contributed by atoms with Crippen LogP contribution in [0, 0.1) is 5.92 Å². The molecular weight excluding hydrogens is 334 g/mol. The lowest BCUT2D eigenvalue weighted by atomic mass is 9.93. The molecule has 0 aliphatic heterocycles. The Kier molecular flexibility index (Phi) is 4.71. The number of halogens is 1. The highest BCUT2D eigenvalue weighted by atomic mass is 79.9. The molecule has 5 heteroatoms. The van der Waals surface area contributed by atoms with Crippen molar-refractivity contribution in [1.82, 2.24) is 5.32 Å². The van der Waals surface area contributed by atoms with Crippen LogP contribution in [-0.4, -0.2) is 22.5 Å². The van der Waals surface area contributed by atoms with Crippen LogP contribution in [0.5, 0.6) is 0 Å². The fraction of sp³-hybridized carbons (Fsp3) is 0.500. The molecule has 114 valence electrons. The number of benzene rings is 1. The fourth-order valence-corrected chi connectivity index (χ4v) is 2.78. The van der Waals surface area contributed by atoms with E-state index in [0.29, 0.717) is 0 Å². The average Bonchev–Trinajstić information content (AvgIpc) is 3.23. The molecule has 1 aromatic rings. The topological polar surface area (TPSA) is 66.4 Å². The molecule has 0 saturated heterocycles. The third-order valence-electron chi connectivity index (χ3n) is 4.17. The lowest BCUT2D eigenvalue weighted by molar-refractivity contribution is -0.148. The van der Waals surface area contributed by atoms with Gasteiger partial charge in [-0.3, -0.25) is 4.79 Å². The minimum atomic E-state index is -1.13. The summed E-state index contributed by atoms with van der Waals surface area (Å²) in [5.74, 6) is -1.05. The molecule has 1 aliphatic carbocycles. The Morgan fingerprint density at radius 1 is 1.38 bits per heavy atom. The van der Waals surface area contributed by atoms with Gasteiger partial charge in [0.25, 0.3) is 0 Å². The predicted octanol–water partition coefficient (Wildman–Crippen LogP) is 3.31. The molecule has 0 radical (unpaired) electrons. The quantitative estimate of drug-likeness (QED) is 0.824. The SMILES string of the molecule is CC(CC(=O)NC(C)(C(=O)O)C1CC1)c1ccc(Br)cc1. The third kappa shape index (κ3) is 3.84. The molecule has 1 aromatic carbocycles. The van der Waals surface area contributed by atoms with Crippen molar-refractivity contribution in [3.8, 4) is 0 Å². The third-order valence-corrected chi connectivity index (χ3v) is 4.70. The number of carbonyl (C=O) groups is 2. The van der Waals surface area contributed by atoms with Gasteiger partial charge in [-0.1, -0.05) is 35.0 Å². The van der Waals surface area contributed by atoms with Gasteiger partial charge in [-0.2, -0.15) is 0 Å². The van der Waals surface area contributed by atoms with Crippen molar-refractivity contribution >= 4 is 27.8 Å². The minimum Gasteiger partial charge on any atom is -0.480 e. The van der Waals surface area contributed by atoms with E-state index in [1.807, 2.05) is 31.2 Å². The summed E-state index contributed by atoms with van der Waals surface area (Å²) < 4.78 is 0.995. The first-order chi connectivity index (χ1) is 9.83. The number of aliphatic carboxylic acids is 1. The van der Waals surface area contributed by atoms with Gasteiger partial charge in [0.05, 0.1) is 0 Å². The van der Waals surface area contributed by atoms with E-state index in [-0.39, 0.29) is 24.2 Å². The van der Waals surface area contributed by atoms with E-state index < -0.39 is 11.5 Å². The summed E-state index contributed by atoms with van der Waals surface area (Å²) in [5, 5.41) is 12.1. The molecule has 2 unspecified atom stereocenters. The van der Waals surface area contributed by atoms with E-state index in [9.17, 15) is 14.7 Å². The van der Waals surface area contributed by atoms with Crippen LogP contribution in [0.2, 0.25) is 0 Å². The monoisotopic (exact) mass is 353 g/mol. The Hall–Kier alpha value is -1.36. The highest BCUT2D eigenvalue weighted by Crippen LogP contribution is 2.40. The number of amides is 1. The van der Waals surface area contributed by atoms with E-state index >= 15 is 0 Å². The molecule has 0 bridgehead atoms. The van der Waals surface area contributed by atoms with Gasteiger partial charge < -0.3 is 10.4 Å². The van der Waals surface area contributed by atoms with E-state index in [2.05, 4.69) is 21.2 Å². The fourth-order valence-electron chi connectivity index (χ4n) is 2.52. The number of carboxylic acids is 1. The Morgan fingerprint density at radius 2 is 1.95 bits per heavy atom. The maximum absolute atomic E-state index is 12.2. The summed E-state index contributed by atoms with van der Waals surface area (Å²) >= 11 is 3.38. The van der Waals surface area contributed by atoms with Crippen molar-refractivity contribution in [1.29, 1.82) is 0 Å². The summed E-state index contributed by atoms with van der Waals surface area (Å²) in [7, 11) is 0. The van der Waals surface area contributed by atoms with Gasteiger partial charge in [-0.15, -0.1) is 0 Å². The van der Waals surface area contributed by atoms with Crippen LogP contribution in [0.4, 0.5) is 0 Å². The van der Waals surface area contributed by atoms with Crippen LogP contribution in [-0.2, 0) is 9.59 Å². The molecule has 1 amide bonds. The van der Waals surface area contributed by atoms with Crippen LogP contribution in [0.1, 0.15) is 44.6 Å². The zero-order chi connectivity index (χ0) is 15.6. The van der Waals surface area contributed by atoms with Crippen LogP contribution >= 0.6 is 15.9 Å². The molecule has 1 fully saturated rings. The molecule has 2 N–H and O–H groups in total. The van der Waals surface area contributed by atoms with Gasteiger partial charge >= 0.3 is 5.97 Å². The van der Waals surface area contributed by atoms with Crippen LogP contribution in [0.3, 0.4) is 0 Å². The number of hydrogen-bond acceptors (Lipinski definition) is 2. The lowest BCUT2D eigenvalue weighted by Gasteiger charge is -2.27. The normalized spacial score (nSPS) is 18.6. The Morgan fingerprint density at radius 3 is 2.43 bits per heavy atom. The molecule has 2 atom stereocenters. The zero-order valence-corrected chi connectivity index (χ0v) is 13.8. The maximum atomic E-state index is 12.2. The number of hydrogen-bond donors (Lipinski definition) is 2. The number of carboxylic acid groups (broad SMARTS) is 1. The second kappa shape index (κ2) is 6.18. The summed E-state index contributed by atoms with van der Waals surface area (Å²) in [6.45, 7) is 3.58. The molecule has 0 heterocycles. The van der Waals surface area contributed by atoms with Crippen molar-refractivity contribution in [2.24, 2.45) is 5.92 Å². The van der Waals surface area contributed by atoms with Crippen LogP contribution in [0.25, 0.3) is 0 Å². The van der Waals surface area contributed by atoms with Gasteiger partial charge in [0.2, 0.25) is 5.91 Å². The van der Waals surface area contributed by atoms with E-state index in [1.165, 1.54) is 0 Å². The Labute approximate surface area is 133 Å². The molecule has 1 saturated carbocycles. The molecule has 21 heavy (non-hydrogen) atoms. The number of carbonyl (C=O) groups excluding carboxylic acids is 1. The largest absolute Gasteiger partial charge is 0.480 e. The first kappa shape index (κ1) is 16.0. The van der Waals surface area contributed by atoms with Crippen molar-refractivity contribution < 1.29 is 14.7 Å². The molecule has 4 nitrogen and oxygen atoms in total. The van der Waals surface area contributed by atoms with E-state index in [4.69, 9.17) is 0 Å². The maximum Gasteiger partial charge on any atom is 0.329 e. The number of rotatable bonds is 6. The second-order valence-electron chi connectivity index (χ2n) is 5.99. The standard InChI is InChI=1S/C16H20BrNO3/c1-10(11-3-7-13(17)8-4-11)9-14(19)18-16(2,15(20)21)12-5-6-12/h3-4,7-8,10,12H,5-6,9H2,1-2H3,(H,18,19)(H,20,21). The summed E-state index contributed by atoms with van der Waals surface area (Å²) in [6, 6.07) is 7.82. The molecular formula is C16H20BrNO3. The van der Waals surface area contributed by atoms with Crippen LogP contribution in [0.15, 0.2) is 28.7 Å². The number of nitrogens with one attached hydrogen (secondary N) is 1. The first-order valence-corrected chi connectivity index (χ1v) is 7.92. The van der Waals surface area contributed by atoms with Crippen molar-refractivity contribution in [2.75, 3.05) is 0 Å². The van der Waals surface area contributed by atoms with Crippen LogP contribution < -0.4 is 5.32 Å². The van der Waals surface area contributed by atoms with Gasteiger partial charge in [-0.25, -0.2) is 4.79 Å². The highest BCUT2D eigenvalue weighted by Gasteiger charge is 2.48. The van der Waals surface area contributed by atoms with Gasteiger partial charge in [0.15, 0.2) is 0 Å². The molecule has 0 aromatic heterocycles. The zero-order valence-electron chi connectivity index (χ0n) is 12.2. The van der Waals surface area contributed by atoms with E-state index in [0.717, 1.165) is 22.9 Å². The summed E-state index contributed by atoms with van der Waals surface area (Å²) in [5.41, 5.74) is -0.0620. The molecule has 1 aliphatic rings. The van der Waals surface area contributed by atoms with Crippen molar-refractivity contribution in [2.45, 2.75) is 44.6 Å². The average molecular weight is 354 g/mol. The smallest absolute Gasteiger partial charge is 0.329 e. The Bertz CT molecular complexity index is 539. The van der Waals surface area contributed by atoms with Gasteiger partial charge in [-0.05, 0) is 49.3 Å². The van der Waals surface area contributed by atoms with Crippen molar-refractivity contribution in [3.05, 3.63) is 34.3 Å². The van der Waals surface area contributed by atoms with Gasteiger partial charge in [0.1, 0.15) is 5.54 Å². The second-order valence-corrected chi connectivity index (χ2v) is 6.90. The predicted molar refractivity (Wildman–Crippen MR) is 84.1 cm³/mol. The molecule has 2 rings (SSSR count). The first-order valence-electron chi connectivity index (χ1n) is 7.13. The summed E-state index contributed by atoms with van der Waals surface area (Å²) in [6.07, 6.45) is 2.02. The lowest BCUT2D eigenvalue weighted by Crippen LogP contribution is -2.54. The highest BCUT2D eigenvalue weighted by molar-refractivity contribution is 9.10. The minimum absolute atomic E-state index is 0.0512. The van der Waals surface area contributed by atoms with Gasteiger partial charge in [0, 0.05) is 10.9 Å². The van der Waals surface area contributed by atoms with E-state index in [1.54, 1.807) is 6.92 Å². The Balaban J connectivity index is 1.97.